The van der Waals surface area contributed by atoms with Crippen LogP contribution in [-0.2, 0) is 0 Å². The van der Waals surface area contributed by atoms with Gasteiger partial charge in [-0.15, -0.1) is 6.58 Å². The van der Waals surface area contributed by atoms with Gasteiger partial charge in [0.15, 0.2) is 0 Å². The van der Waals surface area contributed by atoms with Crippen molar-refractivity contribution in [2.24, 2.45) is 5.41 Å². The van der Waals surface area contributed by atoms with Gasteiger partial charge in [0, 0.05) is 0 Å². The molecule has 1 aliphatic carbocycles. The molecule has 1 fully saturated rings. The topological polar surface area (TPSA) is 20.2 Å². The van der Waals surface area contributed by atoms with Gasteiger partial charge in [-0.2, -0.15) is 0 Å². The molecule has 0 unspecified atom stereocenters. The van der Waals surface area contributed by atoms with E-state index in [-0.39, 0.29) is 11.5 Å². The monoisotopic (exact) mass is 126 g/mol. The lowest BCUT2D eigenvalue weighted by molar-refractivity contribution is 0.106. The molecule has 0 aliphatic heterocycles. The van der Waals surface area contributed by atoms with E-state index < -0.39 is 0 Å². The van der Waals surface area contributed by atoms with Crippen LogP contribution < -0.4 is 0 Å². The van der Waals surface area contributed by atoms with Gasteiger partial charge in [-0.25, -0.2) is 0 Å². The van der Waals surface area contributed by atoms with Crippen molar-refractivity contribution in [3.63, 3.8) is 0 Å². The van der Waals surface area contributed by atoms with Crippen molar-refractivity contribution in [2.75, 3.05) is 0 Å². The average Bonchev–Trinajstić information content (AvgIpc) is 2.50. The van der Waals surface area contributed by atoms with Crippen LogP contribution in [-0.4, -0.2) is 11.2 Å². The molecule has 1 rings (SSSR count). The van der Waals surface area contributed by atoms with Crippen molar-refractivity contribution in [3.8, 4) is 0 Å². The first kappa shape index (κ1) is 6.81. The summed E-state index contributed by atoms with van der Waals surface area (Å²) < 4.78 is 0. The summed E-state index contributed by atoms with van der Waals surface area (Å²) in [6.07, 6.45) is 4.75. The molecule has 0 heterocycles. The van der Waals surface area contributed by atoms with Gasteiger partial charge >= 0.3 is 0 Å². The Morgan fingerprint density at radius 1 is 1.78 bits per heavy atom. The van der Waals surface area contributed by atoms with Gasteiger partial charge in [0.25, 0.3) is 0 Å². The molecule has 52 valence electrons. The summed E-state index contributed by atoms with van der Waals surface area (Å²) in [6.45, 7) is 5.71. The molecule has 0 saturated heterocycles. The van der Waals surface area contributed by atoms with Crippen LogP contribution in [0.4, 0.5) is 0 Å². The summed E-state index contributed by atoms with van der Waals surface area (Å²) in [5, 5.41) is 9.38. The molecule has 0 aromatic carbocycles. The molecule has 9 heavy (non-hydrogen) atoms. The highest BCUT2D eigenvalue weighted by Gasteiger charge is 2.43. The van der Waals surface area contributed by atoms with E-state index in [1.807, 2.05) is 0 Å². The van der Waals surface area contributed by atoms with Crippen molar-refractivity contribution >= 4 is 0 Å². The average molecular weight is 126 g/mol. The smallest absolute Gasteiger partial charge is 0.0628 e. The Morgan fingerprint density at radius 3 is 2.67 bits per heavy atom. The predicted molar refractivity (Wildman–Crippen MR) is 38.2 cm³/mol. The second-order valence-electron chi connectivity index (χ2n) is 3.19. The Hall–Kier alpha value is -0.300. The van der Waals surface area contributed by atoms with E-state index in [0.717, 1.165) is 6.42 Å². The van der Waals surface area contributed by atoms with Crippen LogP contribution in [0, 0.1) is 5.41 Å². The first-order valence-electron chi connectivity index (χ1n) is 3.48. The third-order valence-electron chi connectivity index (χ3n) is 2.23. The summed E-state index contributed by atoms with van der Waals surface area (Å²) in [7, 11) is 0. The number of hydrogen-bond acceptors (Lipinski definition) is 1. The van der Waals surface area contributed by atoms with Gasteiger partial charge in [0.2, 0.25) is 0 Å². The van der Waals surface area contributed by atoms with Gasteiger partial charge in [-0.05, 0) is 24.7 Å². The van der Waals surface area contributed by atoms with Crippen molar-refractivity contribution < 1.29 is 5.11 Å². The Balaban J connectivity index is 2.32. The SMILES string of the molecule is C=CC[C@@H](O)C1(C)CC1. The first-order chi connectivity index (χ1) is 4.19. The second-order valence-corrected chi connectivity index (χ2v) is 3.19. The molecule has 1 nitrogen and oxygen atoms in total. The van der Waals surface area contributed by atoms with Crippen LogP contribution in [0.25, 0.3) is 0 Å². The molecular weight excluding hydrogens is 112 g/mol. The normalized spacial score (nSPS) is 25.1. The van der Waals surface area contributed by atoms with Gasteiger partial charge in [-0.3, -0.25) is 0 Å². The molecule has 0 radical (unpaired) electrons. The lowest BCUT2D eigenvalue weighted by atomic mass is 9.99. The van der Waals surface area contributed by atoms with Crippen molar-refractivity contribution in [3.05, 3.63) is 12.7 Å². The van der Waals surface area contributed by atoms with Crippen molar-refractivity contribution in [2.45, 2.75) is 32.3 Å². The predicted octanol–water partition coefficient (Wildman–Crippen LogP) is 1.72. The van der Waals surface area contributed by atoms with Gasteiger partial charge in [-0.1, -0.05) is 13.0 Å². The molecule has 0 amide bonds. The van der Waals surface area contributed by atoms with E-state index in [0.29, 0.717) is 0 Å². The summed E-state index contributed by atoms with van der Waals surface area (Å²) in [4.78, 5) is 0. The second kappa shape index (κ2) is 2.14. The minimum atomic E-state index is -0.144. The summed E-state index contributed by atoms with van der Waals surface area (Å²) in [6, 6.07) is 0. The lowest BCUT2D eigenvalue weighted by Crippen LogP contribution is -2.17. The van der Waals surface area contributed by atoms with Gasteiger partial charge in [0.1, 0.15) is 0 Å². The van der Waals surface area contributed by atoms with Gasteiger partial charge < -0.3 is 5.11 Å². The zero-order valence-electron chi connectivity index (χ0n) is 5.93. The van der Waals surface area contributed by atoms with Crippen LogP contribution in [0.5, 0.6) is 0 Å². The molecule has 1 N–H and O–H groups in total. The molecule has 0 spiro atoms. The molecule has 1 atom stereocenters. The molecule has 0 aromatic heterocycles. The highest BCUT2D eigenvalue weighted by molar-refractivity contribution is 4.96. The molecule has 1 heteroatoms. The van der Waals surface area contributed by atoms with E-state index in [1.165, 1.54) is 12.8 Å². The third kappa shape index (κ3) is 1.33. The molecular formula is C8H14O. The Morgan fingerprint density at radius 2 is 2.33 bits per heavy atom. The maximum atomic E-state index is 9.38. The summed E-state index contributed by atoms with van der Waals surface area (Å²) in [5.74, 6) is 0. The first-order valence-corrected chi connectivity index (χ1v) is 3.48. The summed E-state index contributed by atoms with van der Waals surface area (Å²) >= 11 is 0. The van der Waals surface area contributed by atoms with Gasteiger partial charge in [0.05, 0.1) is 6.10 Å². The van der Waals surface area contributed by atoms with E-state index >= 15 is 0 Å². The Kier molecular flexibility index (Phi) is 1.62. The fourth-order valence-corrected chi connectivity index (χ4v) is 0.973. The Labute approximate surface area is 56.4 Å². The van der Waals surface area contributed by atoms with Crippen LogP contribution in [0.1, 0.15) is 26.2 Å². The quantitative estimate of drug-likeness (QED) is 0.571. The van der Waals surface area contributed by atoms with E-state index in [4.69, 9.17) is 0 Å². The van der Waals surface area contributed by atoms with Crippen LogP contribution >= 0.6 is 0 Å². The standard InChI is InChI=1S/C8H14O/c1-3-4-7(9)8(2)5-6-8/h3,7,9H,1,4-6H2,2H3/t7-/m1/s1. The largest absolute Gasteiger partial charge is 0.392 e. The van der Waals surface area contributed by atoms with E-state index in [2.05, 4.69) is 13.5 Å². The van der Waals surface area contributed by atoms with Crippen LogP contribution in [0.3, 0.4) is 0 Å². The molecule has 1 saturated carbocycles. The van der Waals surface area contributed by atoms with Crippen molar-refractivity contribution in [1.82, 2.24) is 0 Å². The summed E-state index contributed by atoms with van der Waals surface area (Å²) in [5.41, 5.74) is 0.244. The zero-order chi connectivity index (χ0) is 6.91. The number of rotatable bonds is 3. The fourth-order valence-electron chi connectivity index (χ4n) is 0.973. The molecule has 0 aromatic rings. The molecule has 1 aliphatic rings. The van der Waals surface area contributed by atoms with Crippen LogP contribution in [0.2, 0.25) is 0 Å². The maximum absolute atomic E-state index is 9.38. The number of aliphatic hydroxyl groups is 1. The minimum Gasteiger partial charge on any atom is -0.392 e. The van der Waals surface area contributed by atoms with Crippen molar-refractivity contribution in [1.29, 1.82) is 0 Å². The highest BCUT2D eigenvalue weighted by atomic mass is 16.3. The zero-order valence-corrected chi connectivity index (χ0v) is 5.93. The van der Waals surface area contributed by atoms with Crippen LogP contribution in [0.15, 0.2) is 12.7 Å². The molecule has 0 bridgehead atoms. The highest BCUT2D eigenvalue weighted by Crippen LogP contribution is 2.48. The lowest BCUT2D eigenvalue weighted by Gasteiger charge is -2.14. The fraction of sp³-hybridized carbons (Fsp3) is 0.750. The van der Waals surface area contributed by atoms with E-state index in [1.54, 1.807) is 6.08 Å². The number of aliphatic hydroxyl groups excluding tert-OH is 1. The Bertz CT molecular complexity index is 114. The van der Waals surface area contributed by atoms with E-state index in [9.17, 15) is 5.11 Å². The maximum Gasteiger partial charge on any atom is 0.0628 e. The third-order valence-corrected chi connectivity index (χ3v) is 2.23. The number of hydrogen-bond donors (Lipinski definition) is 1. The minimum absolute atomic E-state index is 0.144.